The zero-order valence-electron chi connectivity index (χ0n) is 15.5. The van der Waals surface area contributed by atoms with Crippen LogP contribution in [0, 0.1) is 0 Å². The third-order valence-electron chi connectivity index (χ3n) is 4.65. The number of hydrogen-bond acceptors (Lipinski definition) is 3. The summed E-state index contributed by atoms with van der Waals surface area (Å²) in [5.41, 5.74) is -0.101. The third-order valence-corrected chi connectivity index (χ3v) is 4.65. The number of amides is 1. The molecule has 0 bridgehead atoms. The molecule has 1 aromatic heterocycles. The lowest BCUT2D eigenvalue weighted by Gasteiger charge is -2.21. The van der Waals surface area contributed by atoms with Gasteiger partial charge in [-0.2, -0.15) is 13.2 Å². The molecule has 0 saturated carbocycles. The topological polar surface area (TPSA) is 54.3 Å². The lowest BCUT2D eigenvalue weighted by molar-refractivity contribution is -0.137. The Kier molecular flexibility index (Phi) is 4.89. The summed E-state index contributed by atoms with van der Waals surface area (Å²) in [6.07, 6.45) is -4.46. The van der Waals surface area contributed by atoms with Gasteiger partial charge in [0, 0.05) is 32.2 Å². The van der Waals surface area contributed by atoms with Crippen LogP contribution in [0.2, 0.25) is 0 Å². The first-order chi connectivity index (χ1) is 13.2. The number of nitrogens with zero attached hydrogens (tertiary/aromatic N) is 2. The average molecular weight is 389 g/mol. The van der Waals surface area contributed by atoms with Crippen LogP contribution in [0.3, 0.4) is 0 Å². The Bertz CT molecular complexity index is 1100. The van der Waals surface area contributed by atoms with Crippen molar-refractivity contribution in [1.82, 2.24) is 4.57 Å². The number of carbonyl (C=O) groups is 1. The van der Waals surface area contributed by atoms with Crippen molar-refractivity contribution in [2.24, 2.45) is 7.05 Å². The highest BCUT2D eigenvalue weighted by atomic mass is 19.4. The molecule has 1 heterocycles. The first kappa shape index (κ1) is 19.5. The highest BCUT2D eigenvalue weighted by Gasteiger charge is 2.30. The number of nitrogens with one attached hydrogen (secondary N) is 1. The number of aryl methyl sites for hydroxylation is 1. The van der Waals surface area contributed by atoms with Crippen molar-refractivity contribution in [3.8, 4) is 0 Å². The monoisotopic (exact) mass is 389 g/mol. The van der Waals surface area contributed by atoms with E-state index < -0.39 is 23.2 Å². The van der Waals surface area contributed by atoms with E-state index in [1.165, 1.54) is 23.7 Å². The van der Waals surface area contributed by atoms with Gasteiger partial charge in [0.2, 0.25) is 0 Å². The number of anilines is 2. The fourth-order valence-corrected chi connectivity index (χ4v) is 3.11. The molecule has 3 aromatic rings. The normalized spacial score (nSPS) is 11.5. The molecular weight excluding hydrogens is 371 g/mol. The van der Waals surface area contributed by atoms with Crippen molar-refractivity contribution in [2.45, 2.75) is 6.18 Å². The number of fused-ring (bicyclic) bond motifs is 1. The van der Waals surface area contributed by atoms with Gasteiger partial charge in [-0.15, -0.1) is 0 Å². The number of para-hydroxylation sites is 1. The second-order valence-electron chi connectivity index (χ2n) is 6.29. The molecule has 3 rings (SSSR count). The molecule has 0 aliphatic heterocycles. The van der Waals surface area contributed by atoms with E-state index in [9.17, 15) is 22.8 Å². The predicted octanol–water partition coefficient (Wildman–Crippen LogP) is 3.88. The number of aromatic nitrogens is 1. The SMILES string of the molecule is CNc1c(C(=O)N(C)c2ccc(C(F)(F)F)cc2)c(=O)n(C)c2ccccc12. The summed E-state index contributed by atoms with van der Waals surface area (Å²) in [5.74, 6) is -0.615. The van der Waals surface area contributed by atoms with Gasteiger partial charge in [-0.3, -0.25) is 9.59 Å². The summed E-state index contributed by atoms with van der Waals surface area (Å²) < 4.78 is 39.6. The highest BCUT2D eigenvalue weighted by molar-refractivity contribution is 6.13. The molecule has 1 amide bonds. The fourth-order valence-electron chi connectivity index (χ4n) is 3.11. The number of alkyl halides is 3. The van der Waals surface area contributed by atoms with Crippen LogP contribution in [0.4, 0.5) is 24.5 Å². The van der Waals surface area contributed by atoms with Crippen LogP contribution in [0.15, 0.2) is 53.3 Å². The van der Waals surface area contributed by atoms with Gasteiger partial charge in [-0.1, -0.05) is 18.2 Å². The molecule has 1 N–H and O–H groups in total. The molecule has 8 heteroatoms. The lowest BCUT2D eigenvalue weighted by atomic mass is 10.1. The summed E-state index contributed by atoms with van der Waals surface area (Å²) in [4.78, 5) is 27.1. The third kappa shape index (κ3) is 3.21. The molecule has 0 aliphatic carbocycles. The summed E-state index contributed by atoms with van der Waals surface area (Å²) >= 11 is 0. The van der Waals surface area contributed by atoms with Crippen molar-refractivity contribution in [3.05, 3.63) is 70.0 Å². The Hall–Kier alpha value is -3.29. The number of pyridine rings is 1. The Balaban J connectivity index is 2.11. The van der Waals surface area contributed by atoms with Crippen LogP contribution in [0.25, 0.3) is 10.9 Å². The van der Waals surface area contributed by atoms with Crippen LogP contribution in [0.5, 0.6) is 0 Å². The first-order valence-corrected chi connectivity index (χ1v) is 8.41. The van der Waals surface area contributed by atoms with Crippen molar-refractivity contribution >= 4 is 28.2 Å². The fraction of sp³-hybridized carbons (Fsp3) is 0.200. The van der Waals surface area contributed by atoms with Gasteiger partial charge < -0.3 is 14.8 Å². The molecule has 0 atom stereocenters. The van der Waals surface area contributed by atoms with Crippen molar-refractivity contribution < 1.29 is 18.0 Å². The summed E-state index contributed by atoms with van der Waals surface area (Å²) in [6, 6.07) is 11.3. The Morgan fingerprint density at radius 3 is 2.25 bits per heavy atom. The maximum Gasteiger partial charge on any atom is 0.416 e. The molecular formula is C20H18F3N3O2. The standard InChI is InChI=1S/C20H18F3N3O2/c1-24-17-14-6-4-5-7-15(14)26(3)19(28)16(17)18(27)25(2)13-10-8-12(9-11-13)20(21,22)23/h4-11,24H,1-3H3. The van der Waals surface area contributed by atoms with Gasteiger partial charge in [0.1, 0.15) is 5.56 Å². The number of rotatable bonds is 3. The van der Waals surface area contributed by atoms with Crippen molar-refractivity contribution in [2.75, 3.05) is 24.3 Å². The maximum atomic E-state index is 13.1. The molecule has 0 unspecified atom stereocenters. The van der Waals surface area contributed by atoms with Crippen LogP contribution in [-0.4, -0.2) is 24.6 Å². The van der Waals surface area contributed by atoms with E-state index in [-0.39, 0.29) is 11.3 Å². The van der Waals surface area contributed by atoms with E-state index in [2.05, 4.69) is 5.32 Å². The summed E-state index contributed by atoms with van der Waals surface area (Å²) in [7, 11) is 4.59. The molecule has 146 valence electrons. The number of benzene rings is 2. The summed E-state index contributed by atoms with van der Waals surface area (Å²) in [5, 5.41) is 3.60. The minimum Gasteiger partial charge on any atom is -0.387 e. The van der Waals surface area contributed by atoms with E-state index >= 15 is 0 Å². The van der Waals surface area contributed by atoms with Crippen LogP contribution >= 0.6 is 0 Å². The van der Waals surface area contributed by atoms with Gasteiger partial charge >= 0.3 is 6.18 Å². The minimum atomic E-state index is -4.46. The molecule has 2 aromatic carbocycles. The van der Waals surface area contributed by atoms with Gasteiger partial charge in [-0.25, -0.2) is 0 Å². The van der Waals surface area contributed by atoms with Crippen LogP contribution < -0.4 is 15.8 Å². The molecule has 0 spiro atoms. The van der Waals surface area contributed by atoms with E-state index in [1.54, 1.807) is 38.4 Å². The van der Waals surface area contributed by atoms with Crippen molar-refractivity contribution in [3.63, 3.8) is 0 Å². The quantitative estimate of drug-likeness (QED) is 0.740. The molecule has 0 radical (unpaired) electrons. The Morgan fingerprint density at radius 1 is 1.07 bits per heavy atom. The molecule has 0 aliphatic rings. The minimum absolute atomic E-state index is 0.0777. The Morgan fingerprint density at radius 2 is 1.68 bits per heavy atom. The van der Waals surface area contributed by atoms with Crippen molar-refractivity contribution in [1.29, 1.82) is 0 Å². The number of halogens is 3. The zero-order chi connectivity index (χ0) is 20.6. The second kappa shape index (κ2) is 7.03. The van der Waals surface area contributed by atoms with Gasteiger partial charge in [0.05, 0.1) is 16.8 Å². The van der Waals surface area contributed by atoms with E-state index in [0.717, 1.165) is 17.0 Å². The van der Waals surface area contributed by atoms with Gasteiger partial charge in [-0.05, 0) is 30.3 Å². The Labute approximate surface area is 159 Å². The van der Waals surface area contributed by atoms with E-state index in [0.29, 0.717) is 16.6 Å². The van der Waals surface area contributed by atoms with Crippen LogP contribution in [-0.2, 0) is 13.2 Å². The molecule has 0 fully saturated rings. The second-order valence-corrected chi connectivity index (χ2v) is 6.29. The first-order valence-electron chi connectivity index (χ1n) is 8.41. The largest absolute Gasteiger partial charge is 0.416 e. The lowest BCUT2D eigenvalue weighted by Crippen LogP contribution is -2.35. The molecule has 28 heavy (non-hydrogen) atoms. The zero-order valence-corrected chi connectivity index (χ0v) is 15.5. The predicted molar refractivity (Wildman–Crippen MR) is 103 cm³/mol. The van der Waals surface area contributed by atoms with Gasteiger partial charge in [0.15, 0.2) is 0 Å². The number of hydrogen-bond donors (Lipinski definition) is 1. The maximum absolute atomic E-state index is 13.1. The van der Waals surface area contributed by atoms with Crippen LogP contribution in [0.1, 0.15) is 15.9 Å². The van der Waals surface area contributed by atoms with Gasteiger partial charge in [0.25, 0.3) is 11.5 Å². The van der Waals surface area contributed by atoms with E-state index in [1.807, 2.05) is 0 Å². The van der Waals surface area contributed by atoms with E-state index in [4.69, 9.17) is 0 Å². The number of carbonyl (C=O) groups excluding carboxylic acids is 1. The highest BCUT2D eigenvalue weighted by Crippen LogP contribution is 2.31. The smallest absolute Gasteiger partial charge is 0.387 e. The summed E-state index contributed by atoms with van der Waals surface area (Å²) in [6.45, 7) is 0. The molecule has 5 nitrogen and oxygen atoms in total. The molecule has 0 saturated heterocycles. The average Bonchev–Trinajstić information content (AvgIpc) is 2.69.